The number of ether oxygens (including phenoxy) is 1. The Morgan fingerprint density at radius 2 is 1.74 bits per heavy atom. The number of nitrogens with zero attached hydrogens (tertiary/aromatic N) is 4. The number of rotatable bonds is 3. The van der Waals surface area contributed by atoms with Gasteiger partial charge in [0.25, 0.3) is 0 Å². The first-order valence-corrected chi connectivity index (χ1v) is 11.0. The van der Waals surface area contributed by atoms with E-state index < -0.39 is 23.3 Å². The van der Waals surface area contributed by atoms with Crippen molar-refractivity contribution in [3.8, 4) is 29.3 Å². The highest BCUT2D eigenvalue weighted by atomic mass is 16.6. The first-order chi connectivity index (χ1) is 16.5. The molecule has 7 nitrogen and oxygen atoms in total. The van der Waals surface area contributed by atoms with Gasteiger partial charge < -0.3 is 15.4 Å². The second-order valence-electron chi connectivity index (χ2n) is 8.27. The number of hydrogen-bond acceptors (Lipinski definition) is 6. The Kier molecular flexibility index (Phi) is 6.09. The highest BCUT2D eigenvalue weighted by Gasteiger charge is 2.54. The van der Waals surface area contributed by atoms with Gasteiger partial charge in [0.15, 0.2) is 5.41 Å². The summed E-state index contributed by atoms with van der Waals surface area (Å²) in [5.41, 5.74) is 8.16. The van der Waals surface area contributed by atoms with Crippen LogP contribution in [-0.4, -0.2) is 30.7 Å². The Balaban J connectivity index is 1.85. The van der Waals surface area contributed by atoms with Crippen LogP contribution in [0.5, 0.6) is 0 Å². The monoisotopic (exact) mass is 449 g/mol. The summed E-state index contributed by atoms with van der Waals surface area (Å²) < 4.78 is 5.17. The van der Waals surface area contributed by atoms with Crippen molar-refractivity contribution in [3.05, 3.63) is 83.1 Å². The molecule has 0 fully saturated rings. The van der Waals surface area contributed by atoms with E-state index in [1.807, 2.05) is 54.6 Å². The summed E-state index contributed by atoms with van der Waals surface area (Å²) in [7, 11) is 0. The van der Waals surface area contributed by atoms with Crippen molar-refractivity contribution in [1.29, 1.82) is 15.8 Å². The number of hydrogen-bond donors (Lipinski definition) is 1. The fraction of sp³-hybridized carbons (Fsp3) is 0.259. The van der Waals surface area contributed by atoms with E-state index in [0.29, 0.717) is 5.57 Å². The molecule has 0 bridgehead atoms. The molecule has 0 spiro atoms. The molecule has 2 N–H and O–H groups in total. The molecule has 0 radical (unpaired) electrons. The smallest absolute Gasteiger partial charge is 0.410 e. The molecule has 4 rings (SSSR count). The molecular weight excluding hydrogens is 426 g/mol. The van der Waals surface area contributed by atoms with Crippen molar-refractivity contribution in [2.45, 2.75) is 12.8 Å². The van der Waals surface area contributed by atoms with Crippen molar-refractivity contribution < 1.29 is 9.53 Å². The minimum atomic E-state index is -1.75. The lowest BCUT2D eigenvalue weighted by Gasteiger charge is -2.45. The van der Waals surface area contributed by atoms with Crippen LogP contribution in [0.2, 0.25) is 0 Å². The summed E-state index contributed by atoms with van der Waals surface area (Å²) in [5, 5.41) is 30.3. The summed E-state index contributed by atoms with van der Waals surface area (Å²) >= 11 is 0. The number of nitriles is 3. The Morgan fingerprint density at radius 3 is 2.32 bits per heavy atom. The van der Waals surface area contributed by atoms with E-state index in [2.05, 4.69) is 18.2 Å². The number of allylic oxidation sites excluding steroid dienone is 2. The normalized spacial score (nSPS) is 20.8. The van der Waals surface area contributed by atoms with E-state index in [1.54, 1.807) is 13.0 Å². The Hall–Kier alpha value is -4.54. The molecule has 0 saturated carbocycles. The Labute approximate surface area is 198 Å². The molecule has 0 saturated heterocycles. The number of carbonyl (C=O) groups is 1. The zero-order valence-electron chi connectivity index (χ0n) is 18.7. The predicted molar refractivity (Wildman–Crippen MR) is 125 cm³/mol. The van der Waals surface area contributed by atoms with E-state index in [-0.39, 0.29) is 31.0 Å². The highest BCUT2D eigenvalue weighted by molar-refractivity contribution is 5.70. The quantitative estimate of drug-likeness (QED) is 0.747. The third kappa shape index (κ3) is 3.56. The van der Waals surface area contributed by atoms with Gasteiger partial charge in [-0.1, -0.05) is 60.7 Å². The molecule has 1 aliphatic carbocycles. The number of benzene rings is 2. The lowest BCUT2D eigenvalue weighted by molar-refractivity contribution is 0.0999. The Bertz CT molecular complexity index is 1280. The maximum Gasteiger partial charge on any atom is 0.410 e. The molecule has 0 aromatic heterocycles. The lowest BCUT2D eigenvalue weighted by Crippen LogP contribution is -2.49. The topological polar surface area (TPSA) is 127 Å². The maximum absolute atomic E-state index is 12.5. The van der Waals surface area contributed by atoms with Crippen molar-refractivity contribution in [1.82, 2.24) is 4.90 Å². The molecular formula is C27H23N5O2. The van der Waals surface area contributed by atoms with E-state index in [4.69, 9.17) is 10.5 Å². The fourth-order valence-electron chi connectivity index (χ4n) is 4.93. The van der Waals surface area contributed by atoms with Crippen LogP contribution in [0.15, 0.2) is 77.5 Å². The molecule has 2 aromatic rings. The van der Waals surface area contributed by atoms with Gasteiger partial charge in [0, 0.05) is 24.9 Å². The SMILES string of the molecule is CCOC(=O)N1CC=C2C(C#N)=C(N)C(C#N)(C#N)[C@H](c3ccc(-c4ccccc4)cc3)[C@H]2C1. The van der Waals surface area contributed by atoms with Gasteiger partial charge in [-0.25, -0.2) is 4.79 Å². The first kappa shape index (κ1) is 22.6. The molecule has 2 aromatic carbocycles. The number of carbonyl (C=O) groups excluding carboxylic acids is 1. The van der Waals surface area contributed by atoms with Gasteiger partial charge in [-0.2, -0.15) is 15.8 Å². The maximum atomic E-state index is 12.5. The van der Waals surface area contributed by atoms with Gasteiger partial charge in [-0.05, 0) is 29.2 Å². The molecule has 1 amide bonds. The minimum absolute atomic E-state index is 0.0378. The second kappa shape index (κ2) is 9.14. The zero-order chi connectivity index (χ0) is 24.3. The average molecular weight is 450 g/mol. The minimum Gasteiger partial charge on any atom is -0.450 e. The molecule has 7 heteroatoms. The molecule has 1 heterocycles. The molecule has 168 valence electrons. The van der Waals surface area contributed by atoms with Crippen LogP contribution in [0.1, 0.15) is 18.4 Å². The van der Waals surface area contributed by atoms with E-state index in [9.17, 15) is 20.6 Å². The van der Waals surface area contributed by atoms with Crippen molar-refractivity contribution in [2.75, 3.05) is 19.7 Å². The van der Waals surface area contributed by atoms with Crippen LogP contribution in [0.25, 0.3) is 11.1 Å². The average Bonchev–Trinajstić information content (AvgIpc) is 2.88. The van der Waals surface area contributed by atoms with Gasteiger partial charge in [0.2, 0.25) is 0 Å². The van der Waals surface area contributed by atoms with E-state index >= 15 is 0 Å². The Morgan fingerprint density at radius 1 is 1.09 bits per heavy atom. The third-order valence-electron chi connectivity index (χ3n) is 6.57. The summed E-state index contributed by atoms with van der Waals surface area (Å²) in [5.74, 6) is -1.14. The summed E-state index contributed by atoms with van der Waals surface area (Å²) in [4.78, 5) is 14.0. The number of fused-ring (bicyclic) bond motifs is 1. The van der Waals surface area contributed by atoms with Crippen LogP contribution in [0, 0.1) is 45.3 Å². The molecule has 1 aliphatic heterocycles. The van der Waals surface area contributed by atoms with E-state index in [0.717, 1.165) is 16.7 Å². The van der Waals surface area contributed by atoms with Crippen LogP contribution in [-0.2, 0) is 4.74 Å². The number of nitrogens with two attached hydrogens (primary N) is 1. The molecule has 2 atom stereocenters. The van der Waals surface area contributed by atoms with Gasteiger partial charge >= 0.3 is 6.09 Å². The van der Waals surface area contributed by atoms with Crippen molar-refractivity contribution in [3.63, 3.8) is 0 Å². The fourth-order valence-corrected chi connectivity index (χ4v) is 4.93. The first-order valence-electron chi connectivity index (χ1n) is 11.0. The molecule has 2 aliphatic rings. The highest BCUT2D eigenvalue weighted by Crippen LogP contribution is 2.54. The summed E-state index contributed by atoms with van der Waals surface area (Å²) in [6, 6.07) is 23.9. The predicted octanol–water partition coefficient (Wildman–Crippen LogP) is 4.24. The molecule has 34 heavy (non-hydrogen) atoms. The van der Waals surface area contributed by atoms with Gasteiger partial charge in [-0.15, -0.1) is 0 Å². The molecule has 0 unspecified atom stereocenters. The van der Waals surface area contributed by atoms with Crippen LogP contribution in [0.4, 0.5) is 4.79 Å². The van der Waals surface area contributed by atoms with Crippen molar-refractivity contribution >= 4 is 6.09 Å². The van der Waals surface area contributed by atoms with Gasteiger partial charge in [-0.3, -0.25) is 0 Å². The van der Waals surface area contributed by atoms with E-state index in [1.165, 1.54) is 4.90 Å². The third-order valence-corrected chi connectivity index (χ3v) is 6.57. The summed E-state index contributed by atoms with van der Waals surface area (Å²) in [6.07, 6.45) is 1.30. The number of amides is 1. The van der Waals surface area contributed by atoms with Gasteiger partial charge in [0.1, 0.15) is 6.07 Å². The lowest BCUT2D eigenvalue weighted by atomic mass is 9.58. The van der Waals surface area contributed by atoms with Crippen LogP contribution < -0.4 is 5.73 Å². The van der Waals surface area contributed by atoms with Gasteiger partial charge in [0.05, 0.1) is 30.0 Å². The standard InChI is InChI=1S/C27H23N5O2/c1-2-34-26(33)32-13-12-21-22(14-28)25(31)27(16-29,17-30)24(23(21)15-32)20-10-8-19(9-11-20)18-6-4-3-5-7-18/h3-12,23-24H,2,13,15,31H2,1H3/t23-,24+/m0/s1. The zero-order valence-corrected chi connectivity index (χ0v) is 18.7. The van der Waals surface area contributed by atoms with Crippen molar-refractivity contribution in [2.24, 2.45) is 17.1 Å². The summed E-state index contributed by atoms with van der Waals surface area (Å²) in [6.45, 7) is 2.43. The van der Waals surface area contributed by atoms with Crippen LogP contribution in [0.3, 0.4) is 0 Å². The van der Waals surface area contributed by atoms with Crippen LogP contribution >= 0.6 is 0 Å². The largest absolute Gasteiger partial charge is 0.450 e. The second-order valence-corrected chi connectivity index (χ2v) is 8.27.